The summed E-state index contributed by atoms with van der Waals surface area (Å²) in [5.41, 5.74) is 0. The van der Waals surface area contributed by atoms with E-state index in [1.165, 1.54) is 0 Å². The second-order valence-electron chi connectivity index (χ2n) is 5.81. The van der Waals surface area contributed by atoms with Gasteiger partial charge in [-0.2, -0.15) is 0 Å². The predicted molar refractivity (Wildman–Crippen MR) is 82.7 cm³/mol. The van der Waals surface area contributed by atoms with Gasteiger partial charge in [0.15, 0.2) is 11.5 Å². The minimum Gasteiger partial charge on any atom is -0.493 e. The molecule has 0 fully saturated rings. The first kappa shape index (κ1) is 14.3. The molecular formula is C16H20N4O3. The van der Waals surface area contributed by atoms with Crippen molar-refractivity contribution in [1.82, 2.24) is 19.7 Å². The summed E-state index contributed by atoms with van der Waals surface area (Å²) in [5, 5.41) is 8.37. The van der Waals surface area contributed by atoms with Crippen LogP contribution in [0.3, 0.4) is 0 Å². The van der Waals surface area contributed by atoms with Crippen molar-refractivity contribution in [3.8, 4) is 17.2 Å². The highest BCUT2D eigenvalue weighted by Crippen LogP contribution is 2.35. The number of fused-ring (bicyclic) bond motifs is 2. The van der Waals surface area contributed by atoms with Gasteiger partial charge in [0.25, 0.3) is 0 Å². The standard InChI is InChI=1S/C16H20N4O3/c1-12-17-18-16-10-19(6-7-20(12)16)5-2-8-21-13-3-4-14-15(9-13)23-11-22-14/h3-4,9H,2,5-8,10-11H2,1H3. The van der Waals surface area contributed by atoms with E-state index < -0.39 is 0 Å². The van der Waals surface area contributed by atoms with E-state index in [0.717, 1.165) is 61.5 Å². The molecule has 23 heavy (non-hydrogen) atoms. The van der Waals surface area contributed by atoms with Crippen molar-refractivity contribution in [3.63, 3.8) is 0 Å². The summed E-state index contributed by atoms with van der Waals surface area (Å²) in [6.07, 6.45) is 0.974. The number of hydrogen-bond acceptors (Lipinski definition) is 6. The summed E-state index contributed by atoms with van der Waals surface area (Å²) in [5.74, 6) is 4.43. The molecule has 0 saturated heterocycles. The lowest BCUT2D eigenvalue weighted by Gasteiger charge is -2.27. The van der Waals surface area contributed by atoms with Crippen LogP contribution in [-0.4, -0.2) is 46.2 Å². The summed E-state index contributed by atoms with van der Waals surface area (Å²) in [6.45, 7) is 6.85. The Morgan fingerprint density at radius 1 is 1.17 bits per heavy atom. The summed E-state index contributed by atoms with van der Waals surface area (Å²) < 4.78 is 18.6. The Morgan fingerprint density at radius 3 is 3.04 bits per heavy atom. The van der Waals surface area contributed by atoms with Crippen molar-refractivity contribution in [2.75, 3.05) is 26.5 Å². The zero-order valence-electron chi connectivity index (χ0n) is 13.2. The van der Waals surface area contributed by atoms with Gasteiger partial charge in [0.05, 0.1) is 13.2 Å². The lowest BCUT2D eigenvalue weighted by molar-refractivity contribution is 0.173. The van der Waals surface area contributed by atoms with Gasteiger partial charge in [0, 0.05) is 25.7 Å². The topological polar surface area (TPSA) is 61.6 Å². The van der Waals surface area contributed by atoms with Crippen LogP contribution in [0.15, 0.2) is 18.2 Å². The van der Waals surface area contributed by atoms with Gasteiger partial charge in [0.2, 0.25) is 6.79 Å². The maximum absolute atomic E-state index is 5.80. The molecular weight excluding hydrogens is 296 g/mol. The molecule has 0 bridgehead atoms. The number of rotatable bonds is 5. The molecule has 2 aromatic rings. The third-order valence-corrected chi connectivity index (χ3v) is 4.25. The van der Waals surface area contributed by atoms with Crippen molar-refractivity contribution >= 4 is 0 Å². The van der Waals surface area contributed by atoms with Crippen LogP contribution in [0, 0.1) is 6.92 Å². The Bertz CT molecular complexity index is 701. The first-order valence-electron chi connectivity index (χ1n) is 7.93. The monoisotopic (exact) mass is 316 g/mol. The van der Waals surface area contributed by atoms with Crippen molar-refractivity contribution < 1.29 is 14.2 Å². The molecule has 2 aliphatic heterocycles. The van der Waals surface area contributed by atoms with E-state index in [9.17, 15) is 0 Å². The van der Waals surface area contributed by atoms with Crippen molar-refractivity contribution in [1.29, 1.82) is 0 Å². The van der Waals surface area contributed by atoms with E-state index in [-0.39, 0.29) is 6.79 Å². The zero-order valence-corrected chi connectivity index (χ0v) is 13.2. The minimum atomic E-state index is 0.290. The molecule has 7 heteroatoms. The van der Waals surface area contributed by atoms with Crippen LogP contribution in [0.2, 0.25) is 0 Å². The Hall–Kier alpha value is -2.28. The van der Waals surface area contributed by atoms with E-state index in [1.807, 2.05) is 25.1 Å². The maximum Gasteiger partial charge on any atom is 0.231 e. The molecule has 7 nitrogen and oxygen atoms in total. The van der Waals surface area contributed by atoms with Crippen LogP contribution in [-0.2, 0) is 13.1 Å². The Morgan fingerprint density at radius 2 is 2.09 bits per heavy atom. The third-order valence-electron chi connectivity index (χ3n) is 4.25. The fourth-order valence-corrected chi connectivity index (χ4v) is 2.99. The van der Waals surface area contributed by atoms with Crippen LogP contribution in [0.1, 0.15) is 18.1 Å². The molecule has 0 unspecified atom stereocenters. The fourth-order valence-electron chi connectivity index (χ4n) is 2.99. The normalized spacial score (nSPS) is 16.4. The lowest BCUT2D eigenvalue weighted by atomic mass is 10.3. The highest BCUT2D eigenvalue weighted by Gasteiger charge is 2.19. The number of aromatic nitrogens is 3. The van der Waals surface area contributed by atoms with E-state index in [4.69, 9.17) is 14.2 Å². The smallest absolute Gasteiger partial charge is 0.231 e. The number of hydrogen-bond donors (Lipinski definition) is 0. The SMILES string of the molecule is Cc1nnc2n1CCN(CCCOc1ccc3c(c1)OCO3)C2. The fraction of sp³-hybridized carbons (Fsp3) is 0.500. The third kappa shape index (κ3) is 2.96. The molecule has 2 aliphatic rings. The maximum atomic E-state index is 5.80. The molecule has 0 saturated carbocycles. The molecule has 4 rings (SSSR count). The number of ether oxygens (including phenoxy) is 3. The summed E-state index contributed by atoms with van der Waals surface area (Å²) >= 11 is 0. The first-order valence-corrected chi connectivity index (χ1v) is 7.93. The minimum absolute atomic E-state index is 0.290. The van der Waals surface area contributed by atoms with E-state index in [1.54, 1.807) is 0 Å². The number of benzene rings is 1. The molecule has 1 aromatic carbocycles. The first-order chi connectivity index (χ1) is 11.3. The van der Waals surface area contributed by atoms with Gasteiger partial charge in [-0.3, -0.25) is 4.90 Å². The summed E-state index contributed by atoms with van der Waals surface area (Å²) in [6, 6.07) is 5.69. The van der Waals surface area contributed by atoms with Gasteiger partial charge in [-0.05, 0) is 25.5 Å². The van der Waals surface area contributed by atoms with Crippen LogP contribution in [0.25, 0.3) is 0 Å². The lowest BCUT2D eigenvalue weighted by Crippen LogP contribution is -2.35. The van der Waals surface area contributed by atoms with Gasteiger partial charge in [-0.1, -0.05) is 0 Å². The highest BCUT2D eigenvalue weighted by molar-refractivity contribution is 5.46. The van der Waals surface area contributed by atoms with Crippen molar-refractivity contribution in [2.45, 2.75) is 26.4 Å². The molecule has 0 aliphatic carbocycles. The largest absolute Gasteiger partial charge is 0.493 e. The van der Waals surface area contributed by atoms with E-state index in [0.29, 0.717) is 6.61 Å². The summed E-state index contributed by atoms with van der Waals surface area (Å²) in [4.78, 5) is 2.40. The van der Waals surface area contributed by atoms with Crippen molar-refractivity contribution in [2.24, 2.45) is 0 Å². The number of aryl methyl sites for hydroxylation is 1. The molecule has 0 atom stereocenters. The zero-order chi connectivity index (χ0) is 15.6. The average molecular weight is 316 g/mol. The van der Waals surface area contributed by atoms with Crippen LogP contribution >= 0.6 is 0 Å². The van der Waals surface area contributed by atoms with Gasteiger partial charge in [0.1, 0.15) is 17.4 Å². The van der Waals surface area contributed by atoms with Gasteiger partial charge in [-0.15, -0.1) is 10.2 Å². The van der Waals surface area contributed by atoms with Crippen LogP contribution in [0.4, 0.5) is 0 Å². The quantitative estimate of drug-likeness (QED) is 0.781. The van der Waals surface area contributed by atoms with E-state index in [2.05, 4.69) is 19.7 Å². The highest BCUT2D eigenvalue weighted by atomic mass is 16.7. The molecule has 0 amide bonds. The van der Waals surface area contributed by atoms with Gasteiger partial charge >= 0.3 is 0 Å². The number of nitrogens with zero attached hydrogens (tertiary/aromatic N) is 4. The molecule has 1 aromatic heterocycles. The molecule has 0 N–H and O–H groups in total. The average Bonchev–Trinajstić information content (AvgIpc) is 3.18. The molecule has 0 radical (unpaired) electrons. The summed E-state index contributed by atoms with van der Waals surface area (Å²) in [7, 11) is 0. The Kier molecular flexibility index (Phi) is 3.78. The molecule has 3 heterocycles. The second kappa shape index (κ2) is 6.08. The van der Waals surface area contributed by atoms with Crippen molar-refractivity contribution in [3.05, 3.63) is 29.8 Å². The Balaban J connectivity index is 1.23. The molecule has 0 spiro atoms. The van der Waals surface area contributed by atoms with Crippen LogP contribution in [0.5, 0.6) is 17.2 Å². The van der Waals surface area contributed by atoms with Crippen LogP contribution < -0.4 is 14.2 Å². The second-order valence-corrected chi connectivity index (χ2v) is 5.81. The van der Waals surface area contributed by atoms with Gasteiger partial charge in [-0.25, -0.2) is 0 Å². The predicted octanol–water partition coefficient (Wildman–Crippen LogP) is 1.60. The van der Waals surface area contributed by atoms with E-state index >= 15 is 0 Å². The molecule has 122 valence electrons. The van der Waals surface area contributed by atoms with Gasteiger partial charge < -0.3 is 18.8 Å². The Labute approximate surface area is 134 Å².